The highest BCUT2D eigenvalue weighted by molar-refractivity contribution is 7.89. The minimum atomic E-state index is -3.42. The van der Waals surface area contributed by atoms with Crippen LogP contribution in [0.5, 0.6) is 5.75 Å². The number of nitrogens with zero attached hydrogens (tertiary/aromatic N) is 1. The minimum Gasteiger partial charge on any atom is -0.497 e. The molecule has 2 heterocycles. The van der Waals surface area contributed by atoms with E-state index in [9.17, 15) is 8.42 Å². The van der Waals surface area contributed by atoms with Crippen molar-refractivity contribution in [2.45, 2.75) is 38.9 Å². The molecule has 0 spiro atoms. The molecule has 0 unspecified atom stereocenters. The van der Waals surface area contributed by atoms with Gasteiger partial charge in [-0.2, -0.15) is 0 Å². The molecule has 1 aromatic heterocycles. The van der Waals surface area contributed by atoms with E-state index >= 15 is 0 Å². The normalized spacial score (nSPS) is 19.8. The van der Waals surface area contributed by atoms with E-state index in [4.69, 9.17) is 14.0 Å². The van der Waals surface area contributed by atoms with Crippen molar-refractivity contribution < 1.29 is 22.5 Å². The molecule has 1 fully saturated rings. The number of methoxy groups -OCH3 is 1. The Morgan fingerprint density at radius 2 is 1.71 bits per heavy atom. The minimum absolute atomic E-state index is 0.480. The molecule has 1 aliphatic rings. The molecule has 3 rings (SSSR count). The zero-order chi connectivity index (χ0) is 17.9. The van der Waals surface area contributed by atoms with E-state index in [0.717, 1.165) is 10.8 Å². The van der Waals surface area contributed by atoms with Crippen LogP contribution in [-0.2, 0) is 19.3 Å². The van der Waals surface area contributed by atoms with E-state index in [0.29, 0.717) is 11.3 Å². The summed E-state index contributed by atoms with van der Waals surface area (Å²) in [6, 6.07) is 5.29. The highest BCUT2D eigenvalue weighted by atomic mass is 32.2. The van der Waals surface area contributed by atoms with Crippen molar-refractivity contribution in [3.63, 3.8) is 0 Å². The number of hydrogen-bond acceptors (Lipinski definition) is 5. The lowest BCUT2D eigenvalue weighted by Crippen LogP contribution is -2.41. The van der Waals surface area contributed by atoms with E-state index in [1.807, 2.05) is 33.8 Å². The van der Waals surface area contributed by atoms with Crippen LogP contribution < -0.4 is 10.2 Å². The first-order valence-electron chi connectivity index (χ1n) is 7.71. The van der Waals surface area contributed by atoms with Gasteiger partial charge in [0.25, 0.3) is 0 Å². The molecule has 0 aliphatic carbocycles. The summed E-state index contributed by atoms with van der Waals surface area (Å²) in [5.74, 6) is 0.552. The summed E-state index contributed by atoms with van der Waals surface area (Å²) in [4.78, 5) is 0. The van der Waals surface area contributed by atoms with Gasteiger partial charge >= 0.3 is 7.12 Å². The molecule has 8 heteroatoms. The first-order valence-corrected chi connectivity index (χ1v) is 9.56. The molecule has 0 N–H and O–H groups in total. The second-order valence-corrected chi connectivity index (χ2v) is 8.97. The summed E-state index contributed by atoms with van der Waals surface area (Å²) in [6.07, 6.45) is 2.70. The maximum absolute atomic E-state index is 12.0. The Kier molecular flexibility index (Phi) is 3.78. The maximum Gasteiger partial charge on any atom is 0.495 e. The van der Waals surface area contributed by atoms with Gasteiger partial charge in [-0.25, -0.2) is 12.4 Å². The van der Waals surface area contributed by atoms with Crippen molar-refractivity contribution in [3.8, 4) is 5.75 Å². The van der Waals surface area contributed by atoms with Crippen molar-refractivity contribution in [1.82, 2.24) is 3.97 Å². The fourth-order valence-electron chi connectivity index (χ4n) is 2.79. The average molecular weight is 351 g/mol. The summed E-state index contributed by atoms with van der Waals surface area (Å²) in [5, 5.41) is 0.764. The SMILES string of the molecule is COc1cc(B2OC(C)(C)C(C)(C)O2)c2ccn(S(C)(=O)=O)c2c1. The van der Waals surface area contributed by atoms with Gasteiger partial charge in [0.05, 0.1) is 30.1 Å². The topological polar surface area (TPSA) is 66.8 Å². The Morgan fingerprint density at radius 1 is 1.12 bits per heavy atom. The van der Waals surface area contributed by atoms with E-state index in [1.54, 1.807) is 19.2 Å². The van der Waals surface area contributed by atoms with E-state index in [1.165, 1.54) is 16.4 Å². The number of rotatable bonds is 3. The molecule has 1 aliphatic heterocycles. The third-order valence-corrected chi connectivity index (χ3v) is 5.91. The van der Waals surface area contributed by atoms with Gasteiger partial charge in [-0.3, -0.25) is 0 Å². The van der Waals surface area contributed by atoms with E-state index in [-0.39, 0.29) is 0 Å². The number of fused-ring (bicyclic) bond motifs is 1. The molecule has 1 saturated heterocycles. The number of benzene rings is 1. The highest BCUT2D eigenvalue weighted by Gasteiger charge is 2.52. The molecular formula is C16H22BNO5S. The van der Waals surface area contributed by atoms with Crippen molar-refractivity contribution in [2.24, 2.45) is 0 Å². The van der Waals surface area contributed by atoms with Crippen molar-refractivity contribution >= 4 is 33.5 Å². The van der Waals surface area contributed by atoms with E-state index in [2.05, 4.69) is 0 Å². The van der Waals surface area contributed by atoms with Crippen molar-refractivity contribution in [3.05, 3.63) is 24.4 Å². The first kappa shape index (κ1) is 17.3. The highest BCUT2D eigenvalue weighted by Crippen LogP contribution is 2.37. The van der Waals surface area contributed by atoms with Gasteiger partial charge in [0, 0.05) is 17.6 Å². The zero-order valence-electron chi connectivity index (χ0n) is 14.8. The summed E-state index contributed by atoms with van der Waals surface area (Å²) in [6.45, 7) is 7.91. The van der Waals surface area contributed by atoms with Crippen LogP contribution >= 0.6 is 0 Å². The van der Waals surface area contributed by atoms with Gasteiger partial charge in [-0.15, -0.1) is 0 Å². The Hall–Kier alpha value is -1.51. The molecule has 2 aromatic rings. The standard InChI is InChI=1S/C16H22BNO5S/c1-15(2)16(3,4)23-17(22-15)13-9-11(21-5)10-14-12(13)7-8-18(14)24(6,19)20/h7-10H,1-6H3. The average Bonchev–Trinajstić information content (AvgIpc) is 2.96. The number of hydrogen-bond donors (Lipinski definition) is 0. The van der Waals surface area contributed by atoms with Crippen LogP contribution in [0.3, 0.4) is 0 Å². The van der Waals surface area contributed by atoms with Crippen LogP contribution in [0.15, 0.2) is 24.4 Å². The van der Waals surface area contributed by atoms with Gasteiger partial charge < -0.3 is 14.0 Å². The zero-order valence-corrected chi connectivity index (χ0v) is 15.6. The van der Waals surface area contributed by atoms with Gasteiger partial charge in [0.1, 0.15) is 5.75 Å². The van der Waals surface area contributed by atoms with Crippen molar-refractivity contribution in [2.75, 3.05) is 13.4 Å². The fourth-order valence-corrected chi connectivity index (χ4v) is 3.58. The van der Waals surface area contributed by atoms with Gasteiger partial charge in [0.15, 0.2) is 0 Å². The van der Waals surface area contributed by atoms with E-state index < -0.39 is 28.3 Å². The molecule has 0 amide bonds. The van der Waals surface area contributed by atoms with Gasteiger partial charge in [-0.1, -0.05) is 0 Å². The van der Waals surface area contributed by atoms with Crippen molar-refractivity contribution in [1.29, 1.82) is 0 Å². The predicted octanol–water partition coefficient (Wildman–Crippen LogP) is 1.76. The molecule has 0 radical (unpaired) electrons. The lowest BCUT2D eigenvalue weighted by atomic mass is 9.77. The van der Waals surface area contributed by atoms with Crippen LogP contribution in [-0.4, -0.2) is 44.1 Å². The van der Waals surface area contributed by atoms with Crippen LogP contribution in [0.2, 0.25) is 0 Å². The molecule has 24 heavy (non-hydrogen) atoms. The molecule has 6 nitrogen and oxygen atoms in total. The lowest BCUT2D eigenvalue weighted by molar-refractivity contribution is 0.00578. The van der Waals surface area contributed by atoms with Crippen LogP contribution in [0.1, 0.15) is 27.7 Å². The molecule has 1 aromatic carbocycles. The molecule has 130 valence electrons. The fraction of sp³-hybridized carbons (Fsp3) is 0.500. The van der Waals surface area contributed by atoms with Crippen LogP contribution in [0.25, 0.3) is 10.9 Å². The summed E-state index contributed by atoms with van der Waals surface area (Å²) in [5.41, 5.74) is 0.339. The smallest absolute Gasteiger partial charge is 0.495 e. The van der Waals surface area contributed by atoms with Crippen LogP contribution in [0, 0.1) is 0 Å². The van der Waals surface area contributed by atoms with Crippen LogP contribution in [0.4, 0.5) is 0 Å². The summed E-state index contributed by atoms with van der Waals surface area (Å²) in [7, 11) is -2.47. The molecule has 0 bridgehead atoms. The third kappa shape index (κ3) is 2.62. The Balaban J connectivity index is 2.21. The number of ether oxygens (including phenoxy) is 1. The molecule has 0 atom stereocenters. The van der Waals surface area contributed by atoms with Gasteiger partial charge in [0.2, 0.25) is 10.0 Å². The Bertz CT molecular complexity index is 885. The third-order valence-electron chi connectivity index (χ3n) is 4.88. The quantitative estimate of drug-likeness (QED) is 0.789. The number of aromatic nitrogens is 1. The predicted molar refractivity (Wildman–Crippen MR) is 94.4 cm³/mol. The largest absolute Gasteiger partial charge is 0.497 e. The van der Waals surface area contributed by atoms with Gasteiger partial charge in [-0.05, 0) is 45.3 Å². The molecular weight excluding hydrogens is 329 g/mol. The summed E-state index contributed by atoms with van der Waals surface area (Å²) >= 11 is 0. The summed E-state index contributed by atoms with van der Waals surface area (Å²) < 4.78 is 42.8. The monoisotopic (exact) mass is 351 g/mol. The maximum atomic E-state index is 12.0. The lowest BCUT2D eigenvalue weighted by Gasteiger charge is -2.32. The Morgan fingerprint density at radius 3 is 2.21 bits per heavy atom. The second-order valence-electron chi connectivity index (χ2n) is 7.11. The Labute approximate surface area is 142 Å². The first-order chi connectivity index (χ1) is 11.0. The molecule has 0 saturated carbocycles. The second kappa shape index (κ2) is 5.24.